The zero-order valence-corrected chi connectivity index (χ0v) is 14.4. The lowest BCUT2D eigenvalue weighted by Crippen LogP contribution is -2.40. The van der Waals surface area contributed by atoms with Gasteiger partial charge in [-0.3, -0.25) is 4.79 Å². The molecule has 142 valence electrons. The summed E-state index contributed by atoms with van der Waals surface area (Å²) in [5.41, 5.74) is 0.420. The minimum atomic E-state index is -0.651. The summed E-state index contributed by atoms with van der Waals surface area (Å²) in [6.07, 6.45) is 2.32. The average molecular weight is 366 g/mol. The summed E-state index contributed by atoms with van der Waals surface area (Å²) in [4.78, 5) is 25.4. The van der Waals surface area contributed by atoms with Crippen LogP contribution in [0.25, 0.3) is 0 Å². The molecule has 1 saturated heterocycles. The number of anilines is 2. The average Bonchev–Trinajstić information content (AvgIpc) is 2.58. The van der Waals surface area contributed by atoms with Crippen LogP contribution >= 0.6 is 0 Å². The molecular formula is C17H23FN4O4. The smallest absolute Gasteiger partial charge is 0.319 e. The number of carbonyl (C=O) groups is 2. The molecule has 1 aromatic carbocycles. The van der Waals surface area contributed by atoms with Crippen LogP contribution in [0, 0.1) is 5.82 Å². The number of ether oxygens (including phenoxy) is 1. The molecule has 26 heavy (non-hydrogen) atoms. The summed E-state index contributed by atoms with van der Waals surface area (Å²) < 4.78 is 19.0. The van der Waals surface area contributed by atoms with Crippen molar-refractivity contribution in [2.45, 2.75) is 25.4 Å². The number of carbonyl (C=O) groups excluding carboxylic acids is 2. The third-order valence-electron chi connectivity index (χ3n) is 4.34. The Morgan fingerprint density at radius 2 is 2.31 bits per heavy atom. The van der Waals surface area contributed by atoms with E-state index in [1.807, 2.05) is 0 Å². The number of benzene rings is 1. The molecule has 2 heterocycles. The van der Waals surface area contributed by atoms with Gasteiger partial charge in [-0.05, 0) is 38.4 Å². The van der Waals surface area contributed by atoms with Crippen LogP contribution in [0.4, 0.5) is 20.6 Å². The molecule has 0 unspecified atom stereocenters. The van der Waals surface area contributed by atoms with Gasteiger partial charge in [0.25, 0.3) is 5.91 Å². The third-order valence-corrected chi connectivity index (χ3v) is 4.34. The maximum Gasteiger partial charge on any atom is 0.319 e. The van der Waals surface area contributed by atoms with Crippen molar-refractivity contribution in [3.63, 3.8) is 0 Å². The second-order valence-electron chi connectivity index (χ2n) is 6.50. The number of hydrogen-bond acceptors (Lipinski definition) is 5. The molecule has 2 aliphatic rings. The molecule has 1 fully saturated rings. The Kier molecular flexibility index (Phi) is 5.89. The van der Waals surface area contributed by atoms with Crippen molar-refractivity contribution in [3.05, 3.63) is 17.9 Å². The van der Waals surface area contributed by atoms with Crippen LogP contribution < -0.4 is 20.7 Å². The third kappa shape index (κ3) is 4.83. The zero-order chi connectivity index (χ0) is 18.5. The Morgan fingerprint density at radius 3 is 3.12 bits per heavy atom. The number of hydrogen-bond donors (Lipinski definition) is 4. The number of nitrogens with one attached hydrogen (secondary N) is 3. The van der Waals surface area contributed by atoms with Gasteiger partial charge >= 0.3 is 6.03 Å². The Bertz CT molecular complexity index is 685. The van der Waals surface area contributed by atoms with Gasteiger partial charge in [-0.25, -0.2) is 9.18 Å². The fourth-order valence-electron chi connectivity index (χ4n) is 3.14. The first-order valence-corrected chi connectivity index (χ1v) is 8.73. The van der Waals surface area contributed by atoms with Crippen molar-refractivity contribution in [2.75, 3.05) is 43.4 Å². The van der Waals surface area contributed by atoms with Crippen LogP contribution in [-0.2, 0) is 4.79 Å². The van der Waals surface area contributed by atoms with E-state index in [9.17, 15) is 19.1 Å². The highest BCUT2D eigenvalue weighted by Crippen LogP contribution is 2.33. The predicted molar refractivity (Wildman–Crippen MR) is 93.8 cm³/mol. The van der Waals surface area contributed by atoms with Crippen molar-refractivity contribution < 1.29 is 23.8 Å². The molecule has 0 radical (unpaired) electrons. The van der Waals surface area contributed by atoms with Crippen LogP contribution in [0.5, 0.6) is 5.75 Å². The Morgan fingerprint density at radius 1 is 1.46 bits per heavy atom. The summed E-state index contributed by atoms with van der Waals surface area (Å²) in [5, 5.41) is 17.4. The first kappa shape index (κ1) is 18.4. The van der Waals surface area contributed by atoms with Crippen molar-refractivity contribution in [2.24, 2.45) is 0 Å². The highest BCUT2D eigenvalue weighted by molar-refractivity contribution is 5.97. The SMILES string of the molecule is O=C1COc2c(F)cc(NC(=O)NCCCN3CCC[C@H](O)C3)cc2N1. The summed E-state index contributed by atoms with van der Waals surface area (Å²) in [6, 6.07) is 2.14. The second kappa shape index (κ2) is 8.33. The second-order valence-corrected chi connectivity index (χ2v) is 6.50. The van der Waals surface area contributed by atoms with E-state index in [2.05, 4.69) is 20.9 Å². The number of nitrogens with zero attached hydrogens (tertiary/aromatic N) is 1. The maximum absolute atomic E-state index is 14.0. The van der Waals surface area contributed by atoms with Gasteiger partial charge in [0.1, 0.15) is 0 Å². The summed E-state index contributed by atoms with van der Waals surface area (Å²) in [6.45, 7) is 2.67. The lowest BCUT2D eigenvalue weighted by atomic mass is 10.1. The van der Waals surface area contributed by atoms with E-state index in [0.717, 1.165) is 38.4 Å². The molecule has 0 spiro atoms. The number of aliphatic hydroxyl groups excluding tert-OH is 1. The first-order valence-electron chi connectivity index (χ1n) is 8.73. The number of piperidine rings is 1. The molecule has 1 aromatic rings. The minimum absolute atomic E-state index is 0.0284. The van der Waals surface area contributed by atoms with Crippen molar-refractivity contribution in [1.82, 2.24) is 10.2 Å². The highest BCUT2D eigenvalue weighted by Gasteiger charge is 2.21. The Hall–Kier alpha value is -2.39. The lowest BCUT2D eigenvalue weighted by Gasteiger charge is -2.29. The van der Waals surface area contributed by atoms with Crippen LogP contribution in [-0.4, -0.2) is 60.8 Å². The van der Waals surface area contributed by atoms with Crippen LogP contribution in [0.2, 0.25) is 0 Å². The fraction of sp³-hybridized carbons (Fsp3) is 0.529. The van der Waals surface area contributed by atoms with Gasteiger partial charge in [0.05, 0.1) is 11.8 Å². The Balaban J connectivity index is 1.44. The largest absolute Gasteiger partial charge is 0.478 e. The topological polar surface area (TPSA) is 103 Å². The predicted octanol–water partition coefficient (Wildman–Crippen LogP) is 1.12. The molecule has 3 amide bonds. The molecule has 9 heteroatoms. The number of rotatable bonds is 5. The number of fused-ring (bicyclic) bond motifs is 1. The molecule has 3 rings (SSSR count). The van der Waals surface area contributed by atoms with Gasteiger partial charge in [-0.15, -0.1) is 0 Å². The van der Waals surface area contributed by atoms with Gasteiger partial charge in [-0.2, -0.15) is 0 Å². The molecule has 2 aliphatic heterocycles. The minimum Gasteiger partial charge on any atom is -0.478 e. The van der Waals surface area contributed by atoms with E-state index < -0.39 is 11.8 Å². The van der Waals surface area contributed by atoms with E-state index in [4.69, 9.17) is 4.74 Å². The molecule has 1 atom stereocenters. The van der Waals surface area contributed by atoms with Crippen molar-refractivity contribution in [1.29, 1.82) is 0 Å². The normalized spacial score (nSPS) is 19.9. The lowest BCUT2D eigenvalue weighted by molar-refractivity contribution is -0.118. The number of urea groups is 1. The first-order chi connectivity index (χ1) is 12.5. The number of likely N-dealkylation sites (tertiary alicyclic amines) is 1. The van der Waals surface area contributed by atoms with E-state index in [1.165, 1.54) is 6.07 Å². The fourth-order valence-corrected chi connectivity index (χ4v) is 3.14. The molecule has 4 N–H and O–H groups in total. The molecule has 0 saturated carbocycles. The molecular weight excluding hydrogens is 343 g/mol. The van der Waals surface area contributed by atoms with Crippen molar-refractivity contribution in [3.8, 4) is 5.75 Å². The number of amides is 3. The van der Waals surface area contributed by atoms with E-state index in [0.29, 0.717) is 13.1 Å². The van der Waals surface area contributed by atoms with Crippen LogP contribution in [0.15, 0.2) is 12.1 Å². The standard InChI is InChI=1S/C17H23FN4O4/c18-13-7-11(8-14-16(13)26-10-15(24)21-14)20-17(25)19-4-2-6-22-5-1-3-12(23)9-22/h7-8,12,23H,1-6,9-10H2,(H,21,24)(H2,19,20,25)/t12-/m0/s1. The summed E-state index contributed by atoms with van der Waals surface area (Å²) in [7, 11) is 0. The van der Waals surface area contributed by atoms with E-state index in [1.54, 1.807) is 0 Å². The molecule has 0 aromatic heterocycles. The summed E-state index contributed by atoms with van der Waals surface area (Å²) in [5.74, 6) is -1.05. The monoisotopic (exact) mass is 366 g/mol. The quantitative estimate of drug-likeness (QED) is 0.585. The van der Waals surface area contributed by atoms with Crippen LogP contribution in [0.3, 0.4) is 0 Å². The van der Waals surface area contributed by atoms with Gasteiger partial charge in [-0.1, -0.05) is 0 Å². The zero-order valence-electron chi connectivity index (χ0n) is 14.4. The maximum atomic E-state index is 14.0. The van der Waals surface area contributed by atoms with E-state index in [-0.39, 0.29) is 35.7 Å². The molecule has 0 aliphatic carbocycles. The number of aliphatic hydroxyl groups is 1. The number of β-amino-alcohol motifs (C(OH)–C–C–N with tert-alkyl or cyclic N) is 1. The molecule has 8 nitrogen and oxygen atoms in total. The number of halogens is 1. The van der Waals surface area contributed by atoms with Crippen LogP contribution in [0.1, 0.15) is 19.3 Å². The van der Waals surface area contributed by atoms with Gasteiger partial charge in [0.2, 0.25) is 0 Å². The van der Waals surface area contributed by atoms with Gasteiger partial charge in [0.15, 0.2) is 18.2 Å². The van der Waals surface area contributed by atoms with Gasteiger partial charge in [0, 0.05) is 24.8 Å². The molecule has 0 bridgehead atoms. The summed E-state index contributed by atoms with van der Waals surface area (Å²) >= 11 is 0. The van der Waals surface area contributed by atoms with Gasteiger partial charge < -0.3 is 30.7 Å². The highest BCUT2D eigenvalue weighted by atomic mass is 19.1. The van der Waals surface area contributed by atoms with E-state index >= 15 is 0 Å². The Labute approximate surface area is 150 Å². The van der Waals surface area contributed by atoms with Crippen molar-refractivity contribution >= 4 is 23.3 Å².